The predicted molar refractivity (Wildman–Crippen MR) is 79.5 cm³/mol. The molecule has 1 aromatic carbocycles. The lowest BCUT2D eigenvalue weighted by molar-refractivity contribution is -0.133. The molecule has 1 heterocycles. The smallest absolute Gasteiger partial charge is 0.314 e. The van der Waals surface area contributed by atoms with E-state index in [1.54, 1.807) is 32.0 Å². The van der Waals surface area contributed by atoms with Gasteiger partial charge in [-0.1, -0.05) is 22.0 Å². The highest BCUT2D eigenvalue weighted by atomic mass is 79.9. The first kappa shape index (κ1) is 14.3. The van der Waals surface area contributed by atoms with Crippen molar-refractivity contribution in [2.45, 2.75) is 13.8 Å². The highest BCUT2D eigenvalue weighted by Crippen LogP contribution is 2.17. The Morgan fingerprint density at radius 3 is 2.50 bits per heavy atom. The number of hydrogen-bond donors (Lipinski definition) is 3. The number of aryl methyl sites for hydroxylation is 2. The van der Waals surface area contributed by atoms with Crippen LogP contribution in [0, 0.1) is 13.8 Å². The zero-order valence-corrected chi connectivity index (χ0v) is 12.5. The van der Waals surface area contributed by atoms with Crippen LogP contribution in [0.1, 0.15) is 11.4 Å². The van der Waals surface area contributed by atoms with Crippen LogP contribution in [-0.2, 0) is 9.59 Å². The topological polar surface area (TPSA) is 86.9 Å². The Bertz CT molecular complexity index is 647. The molecule has 0 atom stereocenters. The Hall–Kier alpha value is -2.15. The fraction of sp³-hybridized carbons (Fsp3) is 0.154. The van der Waals surface area contributed by atoms with Crippen molar-refractivity contribution in [3.63, 3.8) is 0 Å². The van der Waals surface area contributed by atoms with Crippen LogP contribution >= 0.6 is 15.9 Å². The molecule has 3 N–H and O–H groups in total. The third-order valence-corrected chi connectivity index (χ3v) is 3.15. The number of hydrogen-bond acceptors (Lipinski definition) is 3. The maximum atomic E-state index is 11.8. The average Bonchev–Trinajstić information content (AvgIpc) is 2.70. The normalized spacial score (nSPS) is 10.2. The molecule has 0 aliphatic heterocycles. The summed E-state index contributed by atoms with van der Waals surface area (Å²) in [6.45, 7) is 3.51. The molecule has 20 heavy (non-hydrogen) atoms. The molecule has 0 fully saturated rings. The van der Waals surface area contributed by atoms with Crippen molar-refractivity contribution < 1.29 is 9.59 Å². The first-order valence-electron chi connectivity index (χ1n) is 5.87. The quantitative estimate of drug-likeness (QED) is 0.735. The number of carbonyl (C=O) groups is 2. The lowest BCUT2D eigenvalue weighted by Crippen LogP contribution is -2.29. The van der Waals surface area contributed by atoms with Crippen LogP contribution in [0.2, 0.25) is 0 Å². The number of nitrogens with zero attached hydrogens (tertiary/aromatic N) is 1. The summed E-state index contributed by atoms with van der Waals surface area (Å²) in [6, 6.07) is 7.00. The molecule has 0 bridgehead atoms. The first-order valence-corrected chi connectivity index (χ1v) is 6.66. The van der Waals surface area contributed by atoms with Gasteiger partial charge in [0, 0.05) is 10.2 Å². The second-order valence-corrected chi connectivity index (χ2v) is 5.14. The highest BCUT2D eigenvalue weighted by Gasteiger charge is 2.17. The van der Waals surface area contributed by atoms with E-state index in [1.807, 2.05) is 6.07 Å². The summed E-state index contributed by atoms with van der Waals surface area (Å²) in [6.07, 6.45) is 0. The number of amides is 2. The minimum Gasteiger partial charge on any atom is -0.318 e. The van der Waals surface area contributed by atoms with E-state index in [2.05, 4.69) is 36.8 Å². The van der Waals surface area contributed by atoms with Gasteiger partial charge >= 0.3 is 11.8 Å². The molecule has 0 spiro atoms. The Labute approximate surface area is 124 Å². The standard InChI is InChI=1S/C13H13BrN4O2/c1-7-11(8(2)18-17-7)16-13(20)12(19)15-10-5-3-4-9(14)6-10/h3-6H,1-2H3,(H,15,19)(H,16,20)(H,17,18). The van der Waals surface area contributed by atoms with Crippen molar-refractivity contribution in [2.75, 3.05) is 10.6 Å². The van der Waals surface area contributed by atoms with Gasteiger partial charge < -0.3 is 10.6 Å². The predicted octanol–water partition coefficient (Wildman–Crippen LogP) is 2.37. The van der Waals surface area contributed by atoms with E-state index < -0.39 is 11.8 Å². The van der Waals surface area contributed by atoms with E-state index in [1.165, 1.54) is 0 Å². The van der Waals surface area contributed by atoms with Crippen molar-refractivity contribution in [1.82, 2.24) is 10.2 Å². The fourth-order valence-electron chi connectivity index (χ4n) is 1.66. The Balaban J connectivity index is 2.05. The molecule has 0 unspecified atom stereocenters. The maximum absolute atomic E-state index is 11.8. The van der Waals surface area contributed by atoms with E-state index in [0.717, 1.165) is 4.47 Å². The van der Waals surface area contributed by atoms with Gasteiger partial charge in [-0.05, 0) is 32.0 Å². The van der Waals surface area contributed by atoms with Crippen LogP contribution in [0.3, 0.4) is 0 Å². The summed E-state index contributed by atoms with van der Waals surface area (Å²) in [4.78, 5) is 23.6. The van der Waals surface area contributed by atoms with Gasteiger partial charge in [0.15, 0.2) is 0 Å². The molecule has 0 aliphatic carbocycles. The molecule has 0 saturated carbocycles. The fourth-order valence-corrected chi connectivity index (χ4v) is 2.06. The van der Waals surface area contributed by atoms with E-state index in [0.29, 0.717) is 22.8 Å². The van der Waals surface area contributed by atoms with Gasteiger partial charge in [-0.15, -0.1) is 0 Å². The second-order valence-electron chi connectivity index (χ2n) is 4.23. The highest BCUT2D eigenvalue weighted by molar-refractivity contribution is 9.10. The molecule has 7 heteroatoms. The van der Waals surface area contributed by atoms with Crippen LogP contribution < -0.4 is 10.6 Å². The number of carbonyl (C=O) groups excluding carboxylic acids is 2. The molecule has 6 nitrogen and oxygen atoms in total. The summed E-state index contributed by atoms with van der Waals surface area (Å²) in [5.74, 6) is -1.47. The van der Waals surface area contributed by atoms with Crippen molar-refractivity contribution in [3.8, 4) is 0 Å². The van der Waals surface area contributed by atoms with E-state index >= 15 is 0 Å². The summed E-state index contributed by atoms with van der Waals surface area (Å²) in [7, 11) is 0. The molecular formula is C13H13BrN4O2. The summed E-state index contributed by atoms with van der Waals surface area (Å²) >= 11 is 3.29. The van der Waals surface area contributed by atoms with Crippen molar-refractivity contribution in [2.24, 2.45) is 0 Å². The monoisotopic (exact) mass is 336 g/mol. The summed E-state index contributed by atoms with van der Waals surface area (Å²) < 4.78 is 0.817. The minimum atomic E-state index is -0.738. The van der Waals surface area contributed by atoms with Crippen LogP contribution in [0.5, 0.6) is 0 Å². The average molecular weight is 337 g/mol. The number of halogens is 1. The van der Waals surface area contributed by atoms with Gasteiger partial charge in [0.2, 0.25) is 0 Å². The molecule has 0 radical (unpaired) electrons. The zero-order chi connectivity index (χ0) is 14.7. The van der Waals surface area contributed by atoms with Crippen LogP contribution in [-0.4, -0.2) is 22.0 Å². The minimum absolute atomic E-state index is 0.527. The molecular weight excluding hydrogens is 324 g/mol. The van der Waals surface area contributed by atoms with Gasteiger partial charge in [-0.25, -0.2) is 0 Å². The van der Waals surface area contributed by atoms with Gasteiger partial charge in [-0.2, -0.15) is 5.10 Å². The molecule has 1 aromatic heterocycles. The van der Waals surface area contributed by atoms with Gasteiger partial charge in [-0.3, -0.25) is 14.7 Å². The largest absolute Gasteiger partial charge is 0.318 e. The third-order valence-electron chi connectivity index (χ3n) is 2.66. The molecule has 0 saturated heterocycles. The molecule has 2 aromatic rings. The first-order chi connectivity index (χ1) is 9.47. The molecule has 2 amide bonds. The van der Waals surface area contributed by atoms with E-state index in [-0.39, 0.29) is 0 Å². The number of H-pyrrole nitrogens is 1. The van der Waals surface area contributed by atoms with Crippen molar-refractivity contribution in [1.29, 1.82) is 0 Å². The van der Waals surface area contributed by atoms with Crippen LogP contribution in [0.25, 0.3) is 0 Å². The lowest BCUT2D eigenvalue weighted by Gasteiger charge is -2.06. The van der Waals surface area contributed by atoms with E-state index in [4.69, 9.17) is 0 Å². The number of nitrogens with one attached hydrogen (secondary N) is 3. The SMILES string of the molecule is Cc1n[nH]c(C)c1NC(=O)C(=O)Nc1cccc(Br)c1. The van der Waals surface area contributed by atoms with Crippen molar-refractivity contribution >= 4 is 39.1 Å². The maximum Gasteiger partial charge on any atom is 0.314 e. The van der Waals surface area contributed by atoms with Gasteiger partial charge in [0.25, 0.3) is 0 Å². The Kier molecular flexibility index (Phi) is 4.19. The summed E-state index contributed by atoms with van der Waals surface area (Å²) in [5.41, 5.74) is 2.40. The van der Waals surface area contributed by atoms with Gasteiger partial charge in [0.05, 0.1) is 17.1 Å². The van der Waals surface area contributed by atoms with Crippen molar-refractivity contribution in [3.05, 3.63) is 40.1 Å². The summed E-state index contributed by atoms with van der Waals surface area (Å²) in [5, 5.41) is 11.7. The van der Waals surface area contributed by atoms with Crippen LogP contribution in [0.4, 0.5) is 11.4 Å². The molecule has 2 rings (SSSR count). The zero-order valence-electron chi connectivity index (χ0n) is 11.0. The number of aromatic amines is 1. The van der Waals surface area contributed by atoms with Crippen LogP contribution in [0.15, 0.2) is 28.7 Å². The molecule has 0 aliphatic rings. The lowest BCUT2D eigenvalue weighted by atomic mass is 10.3. The number of anilines is 2. The van der Waals surface area contributed by atoms with E-state index in [9.17, 15) is 9.59 Å². The third kappa shape index (κ3) is 3.24. The second kappa shape index (κ2) is 5.87. The Morgan fingerprint density at radius 1 is 1.20 bits per heavy atom. The number of rotatable bonds is 2. The molecule has 104 valence electrons. The number of aromatic nitrogens is 2. The van der Waals surface area contributed by atoms with Gasteiger partial charge in [0.1, 0.15) is 0 Å². The Morgan fingerprint density at radius 2 is 1.90 bits per heavy atom. The number of benzene rings is 1.